The normalized spacial score (nSPS) is 11.0. The summed E-state index contributed by atoms with van der Waals surface area (Å²) in [5.74, 6) is -0.533. The summed E-state index contributed by atoms with van der Waals surface area (Å²) >= 11 is 0. The van der Waals surface area contributed by atoms with E-state index in [1.54, 1.807) is 19.1 Å². The first-order chi connectivity index (χ1) is 9.24. The molecule has 19 heavy (non-hydrogen) atoms. The van der Waals surface area contributed by atoms with Crippen LogP contribution in [0, 0.1) is 0 Å². The summed E-state index contributed by atoms with van der Waals surface area (Å²) in [7, 11) is 0. The molecule has 4 nitrogen and oxygen atoms in total. The van der Waals surface area contributed by atoms with Crippen molar-refractivity contribution < 1.29 is 14.6 Å². The third-order valence-electron chi connectivity index (χ3n) is 3.14. The van der Waals surface area contributed by atoms with Crippen LogP contribution < -0.4 is 0 Å². The largest absolute Gasteiger partial charge is 0.506 e. The summed E-state index contributed by atoms with van der Waals surface area (Å²) in [4.78, 5) is 12.0. The lowest BCUT2D eigenvalue weighted by Crippen LogP contribution is -2.07. The van der Waals surface area contributed by atoms with Crippen LogP contribution in [-0.2, 0) is 4.74 Å². The first-order valence-corrected chi connectivity index (χ1v) is 6.12. The van der Waals surface area contributed by atoms with E-state index in [0.29, 0.717) is 10.9 Å². The smallest absolute Gasteiger partial charge is 0.344 e. The minimum Gasteiger partial charge on any atom is -0.506 e. The van der Waals surface area contributed by atoms with E-state index in [9.17, 15) is 9.90 Å². The van der Waals surface area contributed by atoms with Gasteiger partial charge >= 0.3 is 5.97 Å². The molecule has 0 spiro atoms. The molecule has 4 heteroatoms. The van der Waals surface area contributed by atoms with Gasteiger partial charge < -0.3 is 14.2 Å². The number of aromatic hydroxyl groups is 1. The number of hydrogen-bond acceptors (Lipinski definition) is 3. The van der Waals surface area contributed by atoms with Gasteiger partial charge in [-0.3, -0.25) is 0 Å². The average molecular weight is 255 g/mol. The van der Waals surface area contributed by atoms with E-state index in [1.165, 1.54) is 0 Å². The molecular weight excluding hydrogens is 242 g/mol. The lowest BCUT2D eigenvalue weighted by Gasteiger charge is -2.11. The van der Waals surface area contributed by atoms with Gasteiger partial charge in [0, 0.05) is 11.6 Å². The average Bonchev–Trinajstić information content (AvgIpc) is 2.88. The maximum atomic E-state index is 12.0. The number of esters is 1. The lowest BCUT2D eigenvalue weighted by molar-refractivity contribution is 0.0525. The van der Waals surface area contributed by atoms with Gasteiger partial charge in [0.15, 0.2) is 0 Å². The molecule has 0 amide bonds. The van der Waals surface area contributed by atoms with Crippen molar-refractivity contribution in [1.29, 1.82) is 0 Å². The fourth-order valence-corrected chi connectivity index (χ4v) is 2.34. The van der Waals surface area contributed by atoms with Crippen LogP contribution in [0.4, 0.5) is 0 Å². The van der Waals surface area contributed by atoms with Crippen LogP contribution in [0.2, 0.25) is 0 Å². The minimum atomic E-state index is -0.505. The predicted molar refractivity (Wildman–Crippen MR) is 72.5 cm³/mol. The number of fused-ring (bicyclic) bond motifs is 3. The molecule has 0 fully saturated rings. The van der Waals surface area contributed by atoms with Crippen molar-refractivity contribution in [3.8, 4) is 5.75 Å². The van der Waals surface area contributed by atoms with Gasteiger partial charge in [-0.15, -0.1) is 0 Å². The van der Waals surface area contributed by atoms with E-state index in [0.717, 1.165) is 5.52 Å². The zero-order chi connectivity index (χ0) is 13.4. The van der Waals surface area contributed by atoms with Crippen LogP contribution in [0.25, 0.3) is 16.4 Å². The molecule has 0 saturated heterocycles. The second kappa shape index (κ2) is 4.31. The third kappa shape index (κ3) is 1.64. The molecule has 1 aromatic carbocycles. The zero-order valence-corrected chi connectivity index (χ0v) is 10.5. The van der Waals surface area contributed by atoms with Crippen LogP contribution in [0.15, 0.2) is 42.6 Å². The van der Waals surface area contributed by atoms with Crippen LogP contribution in [0.1, 0.15) is 17.3 Å². The van der Waals surface area contributed by atoms with Crippen molar-refractivity contribution in [3.05, 3.63) is 48.2 Å². The predicted octanol–water partition coefficient (Wildman–Crippen LogP) is 2.97. The number of benzene rings is 1. The number of pyridine rings is 1. The van der Waals surface area contributed by atoms with Gasteiger partial charge in [0.05, 0.1) is 17.6 Å². The van der Waals surface area contributed by atoms with E-state index < -0.39 is 5.97 Å². The Morgan fingerprint density at radius 1 is 1.21 bits per heavy atom. The summed E-state index contributed by atoms with van der Waals surface area (Å²) in [6, 6.07) is 11.0. The Morgan fingerprint density at radius 3 is 2.74 bits per heavy atom. The van der Waals surface area contributed by atoms with Gasteiger partial charge in [-0.25, -0.2) is 4.79 Å². The number of carbonyl (C=O) groups is 1. The Hall–Kier alpha value is -2.49. The number of ether oxygens (including phenoxy) is 1. The highest BCUT2D eigenvalue weighted by Crippen LogP contribution is 2.33. The van der Waals surface area contributed by atoms with Crippen LogP contribution >= 0.6 is 0 Å². The Labute approximate surface area is 109 Å². The summed E-state index contributed by atoms with van der Waals surface area (Å²) in [5.41, 5.74) is 1.72. The number of nitrogens with zero attached hydrogens (tertiary/aromatic N) is 1. The third-order valence-corrected chi connectivity index (χ3v) is 3.14. The number of para-hydroxylation sites is 1. The maximum absolute atomic E-state index is 12.0. The van der Waals surface area contributed by atoms with Crippen LogP contribution in [-0.4, -0.2) is 22.1 Å². The molecule has 2 aromatic heterocycles. The SMILES string of the molecule is CCOC(=O)c1c(O)c2ccccc2n2cccc12. The first kappa shape index (κ1) is 11.6. The molecule has 0 radical (unpaired) electrons. The summed E-state index contributed by atoms with van der Waals surface area (Å²) in [6.45, 7) is 2.02. The fraction of sp³-hybridized carbons (Fsp3) is 0.133. The van der Waals surface area contributed by atoms with Crippen LogP contribution in [0.5, 0.6) is 5.75 Å². The number of carbonyl (C=O) groups excluding carboxylic acids is 1. The molecule has 0 aliphatic carbocycles. The Morgan fingerprint density at radius 2 is 1.95 bits per heavy atom. The van der Waals surface area contributed by atoms with Gasteiger partial charge in [0.1, 0.15) is 11.3 Å². The van der Waals surface area contributed by atoms with Gasteiger partial charge in [0.25, 0.3) is 0 Å². The highest BCUT2D eigenvalue weighted by Gasteiger charge is 2.20. The number of aromatic nitrogens is 1. The summed E-state index contributed by atoms with van der Waals surface area (Å²) in [6.07, 6.45) is 1.86. The van der Waals surface area contributed by atoms with E-state index in [2.05, 4.69) is 0 Å². The number of hydrogen-bond donors (Lipinski definition) is 1. The molecular formula is C15H13NO3. The van der Waals surface area contributed by atoms with Crippen LogP contribution in [0.3, 0.4) is 0 Å². The fourth-order valence-electron chi connectivity index (χ4n) is 2.34. The molecule has 0 saturated carbocycles. The second-order valence-corrected chi connectivity index (χ2v) is 4.22. The maximum Gasteiger partial charge on any atom is 0.344 e. The molecule has 0 aliphatic heterocycles. The monoisotopic (exact) mass is 255 g/mol. The van der Waals surface area contributed by atoms with Gasteiger partial charge in [-0.2, -0.15) is 0 Å². The first-order valence-electron chi connectivity index (χ1n) is 6.12. The Balaban J connectivity index is 2.44. The number of rotatable bonds is 2. The lowest BCUT2D eigenvalue weighted by atomic mass is 10.1. The topological polar surface area (TPSA) is 50.9 Å². The van der Waals surface area contributed by atoms with Crippen molar-refractivity contribution >= 4 is 22.4 Å². The summed E-state index contributed by atoms with van der Waals surface area (Å²) in [5, 5.41) is 11.0. The van der Waals surface area contributed by atoms with E-state index in [4.69, 9.17) is 4.74 Å². The molecule has 96 valence electrons. The molecule has 0 atom stereocenters. The van der Waals surface area contributed by atoms with Crippen molar-refractivity contribution in [2.24, 2.45) is 0 Å². The van der Waals surface area contributed by atoms with Gasteiger partial charge in [0.2, 0.25) is 0 Å². The zero-order valence-electron chi connectivity index (χ0n) is 10.5. The van der Waals surface area contributed by atoms with Gasteiger partial charge in [-0.05, 0) is 31.2 Å². The van der Waals surface area contributed by atoms with Gasteiger partial charge in [-0.1, -0.05) is 12.1 Å². The molecule has 0 aliphatic rings. The minimum absolute atomic E-state index is 0.0275. The molecule has 3 aromatic rings. The van der Waals surface area contributed by atoms with Crippen molar-refractivity contribution in [1.82, 2.24) is 4.40 Å². The Bertz CT molecular complexity index is 774. The standard InChI is InChI=1S/C15H13NO3/c1-2-19-15(18)13-12-8-5-9-16(12)11-7-4-3-6-10(11)14(13)17/h3-9,17H,2H2,1H3. The highest BCUT2D eigenvalue weighted by molar-refractivity contribution is 6.06. The van der Waals surface area contributed by atoms with Crippen molar-refractivity contribution in [3.63, 3.8) is 0 Å². The second-order valence-electron chi connectivity index (χ2n) is 4.22. The van der Waals surface area contributed by atoms with Crippen molar-refractivity contribution in [2.45, 2.75) is 6.92 Å². The van der Waals surface area contributed by atoms with E-state index in [-0.39, 0.29) is 17.9 Å². The van der Waals surface area contributed by atoms with E-state index >= 15 is 0 Å². The van der Waals surface area contributed by atoms with Crippen molar-refractivity contribution in [2.75, 3.05) is 6.61 Å². The molecule has 2 heterocycles. The molecule has 0 unspecified atom stereocenters. The summed E-state index contributed by atoms with van der Waals surface area (Å²) < 4.78 is 6.90. The molecule has 3 rings (SSSR count). The molecule has 0 bridgehead atoms. The Kier molecular flexibility index (Phi) is 2.63. The quantitative estimate of drug-likeness (QED) is 0.716. The van der Waals surface area contributed by atoms with E-state index in [1.807, 2.05) is 34.9 Å². The highest BCUT2D eigenvalue weighted by atomic mass is 16.5. The molecule has 1 N–H and O–H groups in total.